The monoisotopic (exact) mass is 482 g/mol. The van der Waals surface area contributed by atoms with Crippen LogP contribution in [0.2, 0.25) is 0 Å². The number of nitrogens with two attached hydrogens (primary N) is 4. The highest BCUT2D eigenvalue weighted by Crippen LogP contribution is 2.32. The maximum Gasteiger partial charge on any atom is 0.187 e. The summed E-state index contributed by atoms with van der Waals surface area (Å²) in [5.41, 5.74) is 24.0. The second-order valence-corrected chi connectivity index (χ2v) is 9.33. The van der Waals surface area contributed by atoms with E-state index in [1.807, 2.05) is 0 Å². The smallest absolute Gasteiger partial charge is 0.187 e. The van der Waals surface area contributed by atoms with Gasteiger partial charge in [0.2, 0.25) is 0 Å². The molecule has 0 aromatic carbocycles. The summed E-state index contributed by atoms with van der Waals surface area (Å²) in [6.45, 7) is 2.96. The third-order valence-electron chi connectivity index (χ3n) is 6.58. The summed E-state index contributed by atoms with van der Waals surface area (Å²) in [6.07, 6.45) is -15.2. The molecule has 2 heterocycles. The summed E-state index contributed by atoms with van der Waals surface area (Å²) in [4.78, 5) is 0. The number of aliphatic hydroxyl groups excluding tert-OH is 6. The molecule has 3 rings (SSSR count). The van der Waals surface area contributed by atoms with E-state index in [4.69, 9.17) is 41.9 Å². The topological polar surface area (TPSA) is 262 Å². The van der Waals surface area contributed by atoms with Crippen molar-refractivity contribution in [3.8, 4) is 0 Å². The van der Waals surface area contributed by atoms with E-state index >= 15 is 0 Å². The SMILES string of the molecule is C[C@H](N)[C@H]1O[C@@H](OC2C(O)[C@H](N)CC(N)[C@H]2O[C@H]2OC([C@@H](C)O)[C@@H](O)C(O)C2N)C(O)C1O. The third kappa shape index (κ3) is 5.34. The average Bonchev–Trinajstić information content (AvgIpc) is 3.02. The van der Waals surface area contributed by atoms with Crippen LogP contribution in [0.5, 0.6) is 0 Å². The Hall–Kier alpha value is -0.560. The summed E-state index contributed by atoms with van der Waals surface area (Å²) in [6, 6.07) is -3.41. The van der Waals surface area contributed by atoms with E-state index in [9.17, 15) is 30.6 Å². The van der Waals surface area contributed by atoms with Gasteiger partial charge in [-0.1, -0.05) is 0 Å². The van der Waals surface area contributed by atoms with Gasteiger partial charge >= 0.3 is 0 Å². The Morgan fingerprint density at radius 2 is 1.27 bits per heavy atom. The zero-order valence-electron chi connectivity index (χ0n) is 18.6. The van der Waals surface area contributed by atoms with Crippen LogP contribution in [0, 0.1) is 0 Å². The standard InChI is InChI=1S/C19H38N4O10/c1-4(20)14-12(28)13(29)19(30-14)33-17-9(25)6(21)3-7(22)16(17)32-18-8(23)10(26)11(27)15(31-18)5(2)24/h4-19,24-29H,3,20-23H2,1-2H3/t4-,5+,6+,7?,8?,9?,10?,11-,12?,13?,14+,15?,16+,17?,18+,19-/m0/s1. The molecule has 0 aromatic heterocycles. The molecule has 14 nitrogen and oxygen atoms in total. The van der Waals surface area contributed by atoms with Gasteiger partial charge in [0.1, 0.15) is 48.8 Å². The van der Waals surface area contributed by atoms with E-state index in [1.165, 1.54) is 6.92 Å². The molecule has 2 saturated heterocycles. The lowest BCUT2D eigenvalue weighted by Crippen LogP contribution is -2.68. The highest BCUT2D eigenvalue weighted by Gasteiger charge is 2.52. The molecule has 0 spiro atoms. The Balaban J connectivity index is 1.80. The van der Waals surface area contributed by atoms with Crippen LogP contribution in [0.3, 0.4) is 0 Å². The first kappa shape index (κ1) is 27.0. The van der Waals surface area contributed by atoms with E-state index in [0.29, 0.717) is 0 Å². The largest absolute Gasteiger partial charge is 0.391 e. The molecule has 1 aliphatic carbocycles. The summed E-state index contributed by atoms with van der Waals surface area (Å²) in [5, 5.41) is 61.6. The quantitative estimate of drug-likeness (QED) is 0.169. The first-order chi connectivity index (χ1) is 15.3. The van der Waals surface area contributed by atoms with Crippen LogP contribution in [0.4, 0.5) is 0 Å². The normalized spacial score (nSPS) is 53.1. The highest BCUT2D eigenvalue weighted by atomic mass is 16.7. The van der Waals surface area contributed by atoms with Gasteiger partial charge in [-0.05, 0) is 20.3 Å². The molecule has 8 unspecified atom stereocenters. The summed E-state index contributed by atoms with van der Waals surface area (Å²) in [7, 11) is 0. The van der Waals surface area contributed by atoms with Crippen LogP contribution in [-0.4, -0.2) is 128 Å². The van der Waals surface area contributed by atoms with Crippen molar-refractivity contribution in [3.05, 3.63) is 0 Å². The summed E-state index contributed by atoms with van der Waals surface area (Å²) >= 11 is 0. The van der Waals surface area contributed by atoms with Crippen molar-refractivity contribution in [1.82, 2.24) is 0 Å². The minimum Gasteiger partial charge on any atom is -0.391 e. The Labute approximate surface area is 191 Å². The van der Waals surface area contributed by atoms with Crippen LogP contribution in [0.15, 0.2) is 0 Å². The van der Waals surface area contributed by atoms with Gasteiger partial charge in [-0.2, -0.15) is 0 Å². The Morgan fingerprint density at radius 3 is 1.82 bits per heavy atom. The van der Waals surface area contributed by atoms with Gasteiger partial charge < -0.3 is 72.5 Å². The van der Waals surface area contributed by atoms with E-state index < -0.39 is 97.8 Å². The van der Waals surface area contributed by atoms with Gasteiger partial charge in [-0.15, -0.1) is 0 Å². The number of rotatable bonds is 6. The highest BCUT2D eigenvalue weighted by molar-refractivity contribution is 5.02. The second-order valence-electron chi connectivity index (χ2n) is 9.33. The van der Waals surface area contributed by atoms with Gasteiger partial charge in [-0.25, -0.2) is 0 Å². The lowest BCUT2D eigenvalue weighted by Gasteiger charge is -2.47. The molecule has 14 heteroatoms. The summed E-state index contributed by atoms with van der Waals surface area (Å²) < 4.78 is 22.9. The molecule has 16 atom stereocenters. The number of hydrogen-bond acceptors (Lipinski definition) is 14. The van der Waals surface area contributed by atoms with Gasteiger partial charge in [-0.3, -0.25) is 0 Å². The van der Waals surface area contributed by atoms with Gasteiger partial charge in [0.05, 0.1) is 18.2 Å². The molecule has 194 valence electrons. The van der Waals surface area contributed by atoms with Crippen molar-refractivity contribution in [2.75, 3.05) is 0 Å². The molecule has 3 fully saturated rings. The third-order valence-corrected chi connectivity index (χ3v) is 6.58. The molecule has 0 bridgehead atoms. The predicted octanol–water partition coefficient (Wildman–Crippen LogP) is -5.88. The molecule has 0 aromatic rings. The lowest BCUT2D eigenvalue weighted by molar-refractivity contribution is -0.315. The van der Waals surface area contributed by atoms with Gasteiger partial charge in [0.15, 0.2) is 12.6 Å². The fraction of sp³-hybridized carbons (Fsp3) is 1.00. The van der Waals surface area contributed by atoms with Crippen molar-refractivity contribution in [2.24, 2.45) is 22.9 Å². The lowest BCUT2D eigenvalue weighted by atomic mass is 9.84. The van der Waals surface area contributed by atoms with Crippen LogP contribution in [0.25, 0.3) is 0 Å². The molecular formula is C19H38N4O10. The molecule has 33 heavy (non-hydrogen) atoms. The second kappa shape index (κ2) is 10.6. The van der Waals surface area contributed by atoms with E-state index in [1.54, 1.807) is 6.92 Å². The van der Waals surface area contributed by atoms with Crippen molar-refractivity contribution in [2.45, 2.75) is 118 Å². The fourth-order valence-corrected chi connectivity index (χ4v) is 4.57. The predicted molar refractivity (Wildman–Crippen MR) is 111 cm³/mol. The molecule has 3 aliphatic rings. The molecule has 1 saturated carbocycles. The Bertz CT molecular complexity index is 648. The number of hydrogen-bond donors (Lipinski definition) is 10. The van der Waals surface area contributed by atoms with Gasteiger partial charge in [0.25, 0.3) is 0 Å². The van der Waals surface area contributed by atoms with E-state index in [2.05, 4.69) is 0 Å². The molecule has 2 aliphatic heterocycles. The van der Waals surface area contributed by atoms with Crippen LogP contribution in [0.1, 0.15) is 20.3 Å². The molecule has 14 N–H and O–H groups in total. The zero-order valence-corrected chi connectivity index (χ0v) is 18.6. The molecular weight excluding hydrogens is 444 g/mol. The number of aliphatic hydroxyl groups is 6. The van der Waals surface area contributed by atoms with Crippen LogP contribution < -0.4 is 22.9 Å². The maximum absolute atomic E-state index is 10.7. The number of ether oxygens (including phenoxy) is 4. The van der Waals surface area contributed by atoms with Crippen molar-refractivity contribution in [1.29, 1.82) is 0 Å². The van der Waals surface area contributed by atoms with Crippen LogP contribution >= 0.6 is 0 Å². The minimum absolute atomic E-state index is 0.137. The van der Waals surface area contributed by atoms with Crippen molar-refractivity contribution >= 4 is 0 Å². The van der Waals surface area contributed by atoms with E-state index in [0.717, 1.165) is 0 Å². The van der Waals surface area contributed by atoms with Crippen molar-refractivity contribution in [3.63, 3.8) is 0 Å². The fourth-order valence-electron chi connectivity index (χ4n) is 4.57. The molecule has 0 radical (unpaired) electrons. The minimum atomic E-state index is -1.48. The maximum atomic E-state index is 10.7. The van der Waals surface area contributed by atoms with E-state index in [-0.39, 0.29) is 6.42 Å². The van der Waals surface area contributed by atoms with Crippen LogP contribution in [-0.2, 0) is 18.9 Å². The summed E-state index contributed by atoms with van der Waals surface area (Å²) in [5.74, 6) is 0. The van der Waals surface area contributed by atoms with Crippen molar-refractivity contribution < 1.29 is 49.6 Å². The van der Waals surface area contributed by atoms with Gasteiger partial charge in [0, 0.05) is 18.1 Å². The molecule has 0 amide bonds. The first-order valence-corrected chi connectivity index (χ1v) is 11.1. The first-order valence-electron chi connectivity index (χ1n) is 11.1. The zero-order chi connectivity index (χ0) is 24.8. The Kier molecular flexibility index (Phi) is 8.68. The average molecular weight is 483 g/mol. The Morgan fingerprint density at radius 1 is 0.727 bits per heavy atom.